The van der Waals surface area contributed by atoms with Crippen LogP contribution >= 0.6 is 0 Å². The third kappa shape index (κ3) is 3.33. The third-order valence-electron chi connectivity index (χ3n) is 4.20. The van der Waals surface area contributed by atoms with Crippen LogP contribution in [0.1, 0.15) is 16.7 Å². The van der Waals surface area contributed by atoms with Crippen LogP contribution in [0, 0.1) is 22.7 Å². The Kier molecular flexibility index (Phi) is 4.22. The summed E-state index contributed by atoms with van der Waals surface area (Å²) in [6.45, 7) is 0.464. The first-order chi connectivity index (χ1) is 13.3. The van der Waals surface area contributed by atoms with Crippen LogP contribution in [0.15, 0.2) is 77.2 Å². The maximum absolute atomic E-state index is 9.15. The summed E-state index contributed by atoms with van der Waals surface area (Å²) in [6.07, 6.45) is 1.76. The maximum Gasteiger partial charge on any atom is 0.231 e. The summed E-state index contributed by atoms with van der Waals surface area (Å²) < 4.78 is 1.78. The fraction of sp³-hybridized carbons (Fsp3) is 0.0476. The molecule has 0 amide bonds. The quantitative estimate of drug-likeness (QED) is 0.669. The first-order valence-corrected chi connectivity index (χ1v) is 8.29. The molecule has 0 atom stereocenters. The second-order valence-electron chi connectivity index (χ2n) is 5.98. The van der Waals surface area contributed by atoms with Crippen molar-refractivity contribution in [1.82, 2.24) is 4.98 Å². The number of nitriles is 2. The second-order valence-corrected chi connectivity index (χ2v) is 5.98. The van der Waals surface area contributed by atoms with Gasteiger partial charge in [-0.3, -0.25) is 4.98 Å². The van der Waals surface area contributed by atoms with E-state index in [2.05, 4.69) is 27.4 Å². The van der Waals surface area contributed by atoms with Crippen molar-refractivity contribution in [2.75, 3.05) is 6.54 Å². The van der Waals surface area contributed by atoms with Crippen LogP contribution in [0.25, 0.3) is 11.3 Å². The second kappa shape index (κ2) is 6.99. The topological polar surface area (TPSA) is 88.2 Å². The smallest absolute Gasteiger partial charge is 0.231 e. The molecule has 1 aliphatic rings. The van der Waals surface area contributed by atoms with Crippen molar-refractivity contribution in [3.05, 3.63) is 83.6 Å². The molecule has 0 radical (unpaired) electrons. The van der Waals surface area contributed by atoms with Gasteiger partial charge in [-0.2, -0.15) is 10.5 Å². The molecule has 2 heterocycles. The first kappa shape index (κ1) is 16.3. The van der Waals surface area contributed by atoms with Crippen molar-refractivity contribution in [3.8, 4) is 23.4 Å². The van der Waals surface area contributed by atoms with Gasteiger partial charge in [0.25, 0.3) is 0 Å². The van der Waals surface area contributed by atoms with Crippen molar-refractivity contribution in [3.63, 3.8) is 0 Å². The molecule has 4 rings (SSSR count). The van der Waals surface area contributed by atoms with Crippen LogP contribution in [0.2, 0.25) is 0 Å². The Morgan fingerprint density at radius 3 is 2.37 bits per heavy atom. The van der Waals surface area contributed by atoms with Crippen LogP contribution in [0.4, 0.5) is 5.69 Å². The zero-order valence-electron chi connectivity index (χ0n) is 14.2. The van der Waals surface area contributed by atoms with E-state index in [1.165, 1.54) is 0 Å². The molecular weight excluding hydrogens is 336 g/mol. The average Bonchev–Trinajstić information content (AvgIpc) is 3.24. The monoisotopic (exact) mass is 349 g/mol. The Labute approximate surface area is 156 Å². The van der Waals surface area contributed by atoms with Crippen LogP contribution < -0.4 is 0 Å². The highest BCUT2D eigenvalue weighted by Gasteiger charge is 2.24. The highest BCUT2D eigenvalue weighted by atomic mass is 15.5. The van der Waals surface area contributed by atoms with Gasteiger partial charge in [-0.1, -0.05) is 18.2 Å². The first-order valence-electron chi connectivity index (χ1n) is 8.29. The predicted octanol–water partition coefficient (Wildman–Crippen LogP) is 4.01. The summed E-state index contributed by atoms with van der Waals surface area (Å²) in [6, 6.07) is 22.9. The largest absolute Gasteiger partial charge is 0.256 e. The lowest BCUT2D eigenvalue weighted by Gasteiger charge is -2.03. The highest BCUT2D eigenvalue weighted by Crippen LogP contribution is 2.24. The van der Waals surface area contributed by atoms with E-state index in [4.69, 9.17) is 10.5 Å². The SMILES string of the molecule is N#Cc1cc(C#N)cc(C2=NN=[N+](c3cccc(-c4ccccn4)c3)C2)c1. The van der Waals surface area contributed by atoms with E-state index in [0.29, 0.717) is 23.4 Å². The highest BCUT2D eigenvalue weighted by molar-refractivity contribution is 6.02. The molecule has 1 aromatic heterocycles. The van der Waals surface area contributed by atoms with Crippen molar-refractivity contribution in [1.29, 1.82) is 10.5 Å². The van der Waals surface area contributed by atoms with E-state index in [0.717, 1.165) is 22.5 Å². The Morgan fingerprint density at radius 1 is 0.852 bits per heavy atom. The molecule has 0 bridgehead atoms. The van der Waals surface area contributed by atoms with Gasteiger partial charge in [0.2, 0.25) is 5.71 Å². The molecule has 6 heteroatoms. The van der Waals surface area contributed by atoms with Gasteiger partial charge in [-0.15, -0.1) is 4.70 Å². The van der Waals surface area contributed by atoms with Gasteiger partial charge in [-0.25, -0.2) is 0 Å². The van der Waals surface area contributed by atoms with Crippen molar-refractivity contribution in [2.24, 2.45) is 10.3 Å². The lowest BCUT2D eigenvalue weighted by Crippen LogP contribution is -2.12. The Hall–Kier alpha value is -4.16. The molecule has 0 saturated carbocycles. The van der Waals surface area contributed by atoms with Gasteiger partial charge in [-0.05, 0) is 42.5 Å². The fourth-order valence-corrected chi connectivity index (χ4v) is 2.89. The number of hydrogen-bond acceptors (Lipinski definition) is 5. The lowest BCUT2D eigenvalue weighted by atomic mass is 10.0. The normalized spacial score (nSPS) is 12.7. The van der Waals surface area contributed by atoms with E-state index < -0.39 is 0 Å². The summed E-state index contributed by atoms with van der Waals surface area (Å²) >= 11 is 0. The molecule has 3 aromatic rings. The van der Waals surface area contributed by atoms with Gasteiger partial charge < -0.3 is 0 Å². The molecule has 0 N–H and O–H groups in total. The summed E-state index contributed by atoms with van der Waals surface area (Å²) in [5.41, 5.74) is 5.10. The summed E-state index contributed by atoms with van der Waals surface area (Å²) in [4.78, 5) is 4.38. The minimum absolute atomic E-state index is 0.433. The number of nitrogens with zero attached hydrogens (tertiary/aromatic N) is 6. The summed E-state index contributed by atoms with van der Waals surface area (Å²) in [5, 5.41) is 26.8. The molecule has 2 aromatic carbocycles. The number of pyridine rings is 1. The molecule has 6 nitrogen and oxygen atoms in total. The fourth-order valence-electron chi connectivity index (χ4n) is 2.89. The molecule has 1 aliphatic heterocycles. The van der Waals surface area contributed by atoms with Crippen LogP contribution in [0.5, 0.6) is 0 Å². The van der Waals surface area contributed by atoms with E-state index in [9.17, 15) is 0 Å². The van der Waals surface area contributed by atoms with Crippen molar-refractivity contribution >= 4 is 11.4 Å². The number of aromatic nitrogens is 1. The van der Waals surface area contributed by atoms with Gasteiger partial charge in [0.1, 0.15) is 5.22 Å². The Bertz CT molecular complexity index is 1130. The zero-order chi connectivity index (χ0) is 18.6. The van der Waals surface area contributed by atoms with Gasteiger partial charge >= 0.3 is 0 Å². The van der Waals surface area contributed by atoms with Crippen LogP contribution in [-0.2, 0) is 0 Å². The average molecular weight is 349 g/mol. The van der Waals surface area contributed by atoms with E-state index in [1.54, 1.807) is 29.1 Å². The number of hydrogen-bond donors (Lipinski definition) is 0. The minimum atomic E-state index is 0.433. The Balaban J connectivity index is 1.60. The van der Waals surface area contributed by atoms with Gasteiger partial charge in [0, 0.05) is 17.3 Å². The van der Waals surface area contributed by atoms with Crippen LogP contribution in [-0.4, -0.2) is 21.9 Å². The third-order valence-corrected chi connectivity index (χ3v) is 4.20. The van der Waals surface area contributed by atoms with E-state index in [-0.39, 0.29) is 0 Å². The summed E-state index contributed by atoms with van der Waals surface area (Å²) in [5.74, 6) is 0. The molecular formula is C21H13N6+. The van der Waals surface area contributed by atoms with Crippen molar-refractivity contribution < 1.29 is 4.70 Å². The summed E-state index contributed by atoms with van der Waals surface area (Å²) in [7, 11) is 0. The molecule has 0 fully saturated rings. The Morgan fingerprint density at radius 2 is 1.67 bits per heavy atom. The molecule has 27 heavy (non-hydrogen) atoms. The molecule has 0 saturated heterocycles. The number of rotatable bonds is 3. The lowest BCUT2D eigenvalue weighted by molar-refractivity contribution is -0.492. The molecule has 0 unspecified atom stereocenters. The van der Waals surface area contributed by atoms with Gasteiger partial charge in [0.15, 0.2) is 12.2 Å². The minimum Gasteiger partial charge on any atom is -0.256 e. The standard InChI is InChI=1S/C21H13N6/c22-12-15-8-16(13-23)10-18(9-15)21-14-27(26-25-21)19-5-3-4-17(11-19)20-6-1-2-7-24-20/h1-11H,14H2/q+1. The molecule has 126 valence electrons. The molecule has 0 spiro atoms. The van der Waals surface area contributed by atoms with E-state index >= 15 is 0 Å². The van der Waals surface area contributed by atoms with E-state index in [1.807, 2.05) is 42.5 Å². The predicted molar refractivity (Wildman–Crippen MR) is 99.3 cm³/mol. The van der Waals surface area contributed by atoms with Gasteiger partial charge in [0.05, 0.1) is 34.1 Å². The number of benzene rings is 2. The zero-order valence-corrected chi connectivity index (χ0v) is 14.2. The molecule has 0 aliphatic carbocycles. The van der Waals surface area contributed by atoms with Crippen LogP contribution in [0.3, 0.4) is 0 Å². The van der Waals surface area contributed by atoms with Crippen molar-refractivity contribution in [2.45, 2.75) is 0 Å². The maximum atomic E-state index is 9.15.